The number of pyridine rings is 1. The molecule has 0 saturated heterocycles. The molecule has 0 fully saturated rings. The standard InChI is InChI=1S/C20H24N2O3/c1-13-10-14(2)22-20(24-3)17(13)12-21-19(23)16-8-9-25-18-7-5-4-6-15(18)11-16/h4-7,10,16H,8-9,11-12H2,1-3H3,(H,21,23). The van der Waals surface area contributed by atoms with E-state index in [0.29, 0.717) is 31.9 Å². The smallest absolute Gasteiger partial charge is 0.223 e. The van der Waals surface area contributed by atoms with Crippen LogP contribution in [0, 0.1) is 19.8 Å². The molecule has 0 saturated carbocycles. The van der Waals surface area contributed by atoms with Gasteiger partial charge in [-0.05, 0) is 49.9 Å². The van der Waals surface area contributed by atoms with Crippen LogP contribution in [0.5, 0.6) is 11.6 Å². The molecule has 1 aromatic heterocycles. The van der Waals surface area contributed by atoms with Crippen LogP contribution in [0.1, 0.15) is 28.8 Å². The first-order chi connectivity index (χ1) is 12.1. The van der Waals surface area contributed by atoms with Gasteiger partial charge < -0.3 is 14.8 Å². The lowest BCUT2D eigenvalue weighted by atomic mass is 9.96. The van der Waals surface area contributed by atoms with Gasteiger partial charge in [-0.15, -0.1) is 0 Å². The van der Waals surface area contributed by atoms with Crippen molar-refractivity contribution in [2.45, 2.75) is 33.2 Å². The summed E-state index contributed by atoms with van der Waals surface area (Å²) in [4.78, 5) is 17.1. The summed E-state index contributed by atoms with van der Waals surface area (Å²) >= 11 is 0. The average molecular weight is 340 g/mol. The highest BCUT2D eigenvalue weighted by Crippen LogP contribution is 2.27. The van der Waals surface area contributed by atoms with Crippen LogP contribution in [0.25, 0.3) is 0 Å². The third-order valence-electron chi connectivity index (χ3n) is 4.60. The predicted octanol–water partition coefficient (Wildman–Crippen LogP) is 2.96. The second kappa shape index (κ2) is 7.55. The van der Waals surface area contributed by atoms with Gasteiger partial charge in [-0.2, -0.15) is 0 Å². The zero-order valence-corrected chi connectivity index (χ0v) is 15.0. The van der Waals surface area contributed by atoms with Gasteiger partial charge in [0.15, 0.2) is 0 Å². The van der Waals surface area contributed by atoms with Crippen molar-refractivity contribution in [3.63, 3.8) is 0 Å². The molecule has 1 aromatic carbocycles. The number of methoxy groups -OCH3 is 1. The van der Waals surface area contributed by atoms with Gasteiger partial charge in [-0.25, -0.2) is 4.98 Å². The van der Waals surface area contributed by atoms with Crippen LogP contribution in [0.4, 0.5) is 0 Å². The summed E-state index contributed by atoms with van der Waals surface area (Å²) in [5.41, 5.74) is 3.98. The Balaban J connectivity index is 1.69. The number of hydrogen-bond acceptors (Lipinski definition) is 4. The molecular weight excluding hydrogens is 316 g/mol. The number of carbonyl (C=O) groups excluding carboxylic acids is 1. The number of nitrogens with one attached hydrogen (secondary N) is 1. The largest absolute Gasteiger partial charge is 0.493 e. The van der Waals surface area contributed by atoms with Crippen LogP contribution >= 0.6 is 0 Å². The van der Waals surface area contributed by atoms with E-state index in [0.717, 1.165) is 28.1 Å². The Hall–Kier alpha value is -2.56. The highest BCUT2D eigenvalue weighted by atomic mass is 16.5. The van der Waals surface area contributed by atoms with Crippen LogP contribution in [-0.4, -0.2) is 24.6 Å². The molecule has 1 amide bonds. The number of amides is 1. The number of hydrogen-bond donors (Lipinski definition) is 1. The molecule has 2 aromatic rings. The fourth-order valence-corrected chi connectivity index (χ4v) is 3.25. The topological polar surface area (TPSA) is 60.5 Å². The molecule has 1 N–H and O–H groups in total. The first kappa shape index (κ1) is 17.3. The summed E-state index contributed by atoms with van der Waals surface area (Å²) in [7, 11) is 1.60. The van der Waals surface area contributed by atoms with E-state index in [2.05, 4.69) is 10.3 Å². The monoisotopic (exact) mass is 340 g/mol. The molecule has 0 bridgehead atoms. The average Bonchev–Trinajstić information content (AvgIpc) is 2.82. The number of carbonyl (C=O) groups is 1. The Kier molecular flexibility index (Phi) is 5.22. The van der Waals surface area contributed by atoms with Gasteiger partial charge in [0.05, 0.1) is 13.7 Å². The van der Waals surface area contributed by atoms with Crippen LogP contribution in [0.2, 0.25) is 0 Å². The maximum Gasteiger partial charge on any atom is 0.223 e. The van der Waals surface area contributed by atoms with E-state index in [4.69, 9.17) is 9.47 Å². The number of aromatic nitrogens is 1. The molecule has 0 radical (unpaired) electrons. The Labute approximate surface area is 148 Å². The Morgan fingerprint density at radius 2 is 2.16 bits per heavy atom. The Morgan fingerprint density at radius 3 is 2.96 bits per heavy atom. The number of aryl methyl sites for hydroxylation is 2. The highest BCUT2D eigenvalue weighted by Gasteiger charge is 2.24. The first-order valence-corrected chi connectivity index (χ1v) is 8.58. The molecule has 0 aliphatic carbocycles. The van der Waals surface area contributed by atoms with Gasteiger partial charge in [0.2, 0.25) is 11.8 Å². The number of para-hydroxylation sites is 1. The first-order valence-electron chi connectivity index (χ1n) is 8.58. The van der Waals surface area contributed by atoms with E-state index in [1.54, 1.807) is 7.11 Å². The van der Waals surface area contributed by atoms with E-state index < -0.39 is 0 Å². The number of ether oxygens (including phenoxy) is 2. The minimum absolute atomic E-state index is 0.0438. The molecule has 1 atom stereocenters. The van der Waals surface area contributed by atoms with Gasteiger partial charge in [0.25, 0.3) is 0 Å². The van der Waals surface area contributed by atoms with E-state index in [9.17, 15) is 4.79 Å². The van der Waals surface area contributed by atoms with Crippen molar-refractivity contribution < 1.29 is 14.3 Å². The molecule has 5 nitrogen and oxygen atoms in total. The Morgan fingerprint density at radius 1 is 1.36 bits per heavy atom. The molecular formula is C20H24N2O3. The predicted molar refractivity (Wildman–Crippen MR) is 95.9 cm³/mol. The van der Waals surface area contributed by atoms with E-state index >= 15 is 0 Å². The molecule has 1 aliphatic heterocycles. The zero-order valence-electron chi connectivity index (χ0n) is 15.0. The molecule has 3 rings (SSSR count). The van der Waals surface area contributed by atoms with E-state index in [1.165, 1.54) is 0 Å². The SMILES string of the molecule is COc1nc(C)cc(C)c1CNC(=O)C1CCOc2ccccc2C1. The van der Waals surface area contributed by atoms with E-state index in [-0.39, 0.29) is 11.8 Å². The van der Waals surface area contributed by atoms with Gasteiger partial charge in [-0.1, -0.05) is 18.2 Å². The van der Waals surface area contributed by atoms with Crippen molar-refractivity contribution in [2.75, 3.05) is 13.7 Å². The number of rotatable bonds is 4. The molecule has 0 spiro atoms. The minimum Gasteiger partial charge on any atom is -0.493 e. The van der Waals surface area contributed by atoms with Crippen molar-refractivity contribution in [1.82, 2.24) is 10.3 Å². The molecule has 132 valence electrons. The minimum atomic E-state index is -0.0895. The summed E-state index contributed by atoms with van der Waals surface area (Å²) in [6, 6.07) is 9.92. The highest BCUT2D eigenvalue weighted by molar-refractivity contribution is 5.79. The summed E-state index contributed by atoms with van der Waals surface area (Å²) in [5, 5.41) is 3.05. The van der Waals surface area contributed by atoms with Gasteiger partial charge in [0, 0.05) is 23.7 Å². The summed E-state index contributed by atoms with van der Waals surface area (Å²) < 4.78 is 11.1. The van der Waals surface area contributed by atoms with Crippen LogP contribution in [-0.2, 0) is 17.8 Å². The van der Waals surface area contributed by atoms with E-state index in [1.807, 2.05) is 44.2 Å². The third kappa shape index (κ3) is 3.92. The van der Waals surface area contributed by atoms with Crippen LogP contribution in [0.15, 0.2) is 30.3 Å². The summed E-state index contributed by atoms with van der Waals surface area (Å²) in [5.74, 6) is 1.42. The third-order valence-corrected chi connectivity index (χ3v) is 4.60. The number of nitrogens with zero attached hydrogens (tertiary/aromatic N) is 1. The molecule has 1 aliphatic rings. The van der Waals surface area contributed by atoms with Crippen molar-refractivity contribution in [2.24, 2.45) is 5.92 Å². The normalized spacial score (nSPS) is 16.4. The van der Waals surface area contributed by atoms with Crippen molar-refractivity contribution in [3.8, 4) is 11.6 Å². The molecule has 1 unspecified atom stereocenters. The fourth-order valence-electron chi connectivity index (χ4n) is 3.25. The molecule has 25 heavy (non-hydrogen) atoms. The van der Waals surface area contributed by atoms with Crippen LogP contribution in [0.3, 0.4) is 0 Å². The number of benzene rings is 1. The maximum absolute atomic E-state index is 12.7. The van der Waals surface area contributed by atoms with Crippen molar-refractivity contribution in [1.29, 1.82) is 0 Å². The lowest BCUT2D eigenvalue weighted by molar-refractivity contribution is -0.125. The molecule has 2 heterocycles. The zero-order chi connectivity index (χ0) is 17.8. The van der Waals surface area contributed by atoms with Crippen LogP contribution < -0.4 is 14.8 Å². The summed E-state index contributed by atoms with van der Waals surface area (Å²) in [6.07, 6.45) is 1.41. The second-order valence-corrected chi connectivity index (χ2v) is 6.43. The van der Waals surface area contributed by atoms with Gasteiger partial charge in [-0.3, -0.25) is 4.79 Å². The van der Waals surface area contributed by atoms with Crippen molar-refractivity contribution in [3.05, 3.63) is 52.7 Å². The van der Waals surface area contributed by atoms with Crippen molar-refractivity contribution >= 4 is 5.91 Å². The number of fused-ring (bicyclic) bond motifs is 1. The fraction of sp³-hybridized carbons (Fsp3) is 0.400. The summed E-state index contributed by atoms with van der Waals surface area (Å²) in [6.45, 7) is 4.92. The Bertz CT molecular complexity index is 774. The maximum atomic E-state index is 12.7. The lowest BCUT2D eigenvalue weighted by Gasteiger charge is -2.16. The van der Waals surface area contributed by atoms with Gasteiger partial charge >= 0.3 is 0 Å². The second-order valence-electron chi connectivity index (χ2n) is 6.43. The molecule has 5 heteroatoms. The lowest BCUT2D eigenvalue weighted by Crippen LogP contribution is -2.32. The van der Waals surface area contributed by atoms with Gasteiger partial charge in [0.1, 0.15) is 5.75 Å². The quantitative estimate of drug-likeness (QED) is 0.929.